The predicted octanol–water partition coefficient (Wildman–Crippen LogP) is 2.78. The summed E-state index contributed by atoms with van der Waals surface area (Å²) in [5.41, 5.74) is 2.73. The second-order valence-corrected chi connectivity index (χ2v) is 5.24. The molecular formula is C17H17N3O. The van der Waals surface area contributed by atoms with E-state index in [9.17, 15) is 0 Å². The second-order valence-electron chi connectivity index (χ2n) is 5.24. The van der Waals surface area contributed by atoms with E-state index in [0.29, 0.717) is 18.2 Å². The van der Waals surface area contributed by atoms with E-state index in [1.807, 2.05) is 24.3 Å². The van der Waals surface area contributed by atoms with Crippen molar-refractivity contribution in [1.82, 2.24) is 10.3 Å². The van der Waals surface area contributed by atoms with Crippen molar-refractivity contribution in [3.63, 3.8) is 0 Å². The average Bonchev–Trinajstić information content (AvgIpc) is 3.37. The lowest BCUT2D eigenvalue weighted by Crippen LogP contribution is -2.16. The molecule has 0 unspecified atom stereocenters. The van der Waals surface area contributed by atoms with Crippen molar-refractivity contribution in [2.75, 3.05) is 0 Å². The maximum Gasteiger partial charge on any atom is 0.138 e. The minimum atomic E-state index is 0.479. The van der Waals surface area contributed by atoms with Gasteiger partial charge in [-0.3, -0.25) is 4.98 Å². The van der Waals surface area contributed by atoms with Gasteiger partial charge in [0.15, 0.2) is 0 Å². The summed E-state index contributed by atoms with van der Waals surface area (Å²) in [4.78, 5) is 4.39. The molecule has 1 aliphatic carbocycles. The Morgan fingerprint density at radius 3 is 2.62 bits per heavy atom. The van der Waals surface area contributed by atoms with Gasteiger partial charge in [-0.2, -0.15) is 5.26 Å². The predicted molar refractivity (Wildman–Crippen MR) is 79.6 cm³/mol. The number of nitrogens with zero attached hydrogens (tertiary/aromatic N) is 2. The lowest BCUT2D eigenvalue weighted by atomic mass is 10.2. The molecule has 3 rings (SSSR count). The Morgan fingerprint density at radius 2 is 2.00 bits per heavy atom. The van der Waals surface area contributed by atoms with Crippen molar-refractivity contribution in [2.45, 2.75) is 32.0 Å². The van der Waals surface area contributed by atoms with Crippen LogP contribution in [-0.2, 0) is 13.2 Å². The smallest absolute Gasteiger partial charge is 0.138 e. The van der Waals surface area contributed by atoms with E-state index in [1.165, 1.54) is 12.8 Å². The maximum atomic E-state index is 8.75. The van der Waals surface area contributed by atoms with Crippen molar-refractivity contribution >= 4 is 0 Å². The molecule has 0 radical (unpaired) electrons. The van der Waals surface area contributed by atoms with E-state index in [1.54, 1.807) is 18.3 Å². The van der Waals surface area contributed by atoms with Gasteiger partial charge in [-0.25, -0.2) is 0 Å². The summed E-state index contributed by atoms with van der Waals surface area (Å²) < 4.78 is 5.69. The highest BCUT2D eigenvalue weighted by Gasteiger charge is 2.19. The molecule has 1 aromatic carbocycles. The van der Waals surface area contributed by atoms with E-state index < -0.39 is 0 Å². The van der Waals surface area contributed by atoms with Crippen LogP contribution in [0.2, 0.25) is 0 Å². The third kappa shape index (κ3) is 4.04. The van der Waals surface area contributed by atoms with Crippen molar-refractivity contribution < 1.29 is 4.74 Å². The van der Waals surface area contributed by atoms with Gasteiger partial charge in [0, 0.05) is 12.6 Å². The minimum absolute atomic E-state index is 0.479. The lowest BCUT2D eigenvalue weighted by molar-refractivity contribution is 0.304. The van der Waals surface area contributed by atoms with Crippen LogP contribution in [0.3, 0.4) is 0 Å². The van der Waals surface area contributed by atoms with Crippen LogP contribution in [0.15, 0.2) is 42.6 Å². The van der Waals surface area contributed by atoms with Crippen molar-refractivity contribution in [3.8, 4) is 11.8 Å². The SMILES string of the molecule is N#Cc1ccc(COc2ccc(CNC3CC3)nc2)cc1. The molecule has 0 saturated heterocycles. The number of pyridine rings is 1. The van der Waals surface area contributed by atoms with E-state index in [-0.39, 0.29) is 0 Å². The molecule has 0 aliphatic heterocycles. The highest BCUT2D eigenvalue weighted by molar-refractivity contribution is 5.31. The Bertz CT molecular complexity index is 625. The van der Waals surface area contributed by atoms with E-state index in [0.717, 1.165) is 23.6 Å². The Kier molecular flexibility index (Phi) is 4.13. The first-order chi connectivity index (χ1) is 10.3. The zero-order chi connectivity index (χ0) is 14.5. The summed E-state index contributed by atoms with van der Waals surface area (Å²) in [5, 5.41) is 12.2. The molecule has 106 valence electrons. The number of rotatable bonds is 6. The second kappa shape index (κ2) is 6.38. The van der Waals surface area contributed by atoms with Crippen LogP contribution < -0.4 is 10.1 Å². The Labute approximate surface area is 124 Å². The van der Waals surface area contributed by atoms with Gasteiger partial charge in [0.1, 0.15) is 12.4 Å². The van der Waals surface area contributed by atoms with Crippen LogP contribution in [0.4, 0.5) is 0 Å². The van der Waals surface area contributed by atoms with Crippen LogP contribution in [0.25, 0.3) is 0 Å². The Balaban J connectivity index is 1.50. The van der Waals surface area contributed by atoms with Crippen molar-refractivity contribution in [2.24, 2.45) is 0 Å². The summed E-state index contributed by atoms with van der Waals surface area (Å²) in [5.74, 6) is 0.759. The first-order valence-corrected chi connectivity index (χ1v) is 7.13. The van der Waals surface area contributed by atoms with E-state index in [2.05, 4.69) is 16.4 Å². The molecule has 1 saturated carbocycles. The van der Waals surface area contributed by atoms with Crippen LogP contribution in [0, 0.1) is 11.3 Å². The number of hydrogen-bond donors (Lipinski definition) is 1. The number of benzene rings is 1. The van der Waals surface area contributed by atoms with Crippen LogP contribution in [0.1, 0.15) is 29.7 Å². The third-order valence-electron chi connectivity index (χ3n) is 3.44. The number of hydrogen-bond acceptors (Lipinski definition) is 4. The maximum absolute atomic E-state index is 8.75. The topological polar surface area (TPSA) is 57.9 Å². The zero-order valence-corrected chi connectivity index (χ0v) is 11.7. The quantitative estimate of drug-likeness (QED) is 0.883. The van der Waals surface area contributed by atoms with Gasteiger partial charge in [-0.05, 0) is 42.7 Å². The molecule has 0 bridgehead atoms. The highest BCUT2D eigenvalue weighted by Crippen LogP contribution is 2.19. The fourth-order valence-electron chi connectivity index (χ4n) is 1.98. The highest BCUT2D eigenvalue weighted by atomic mass is 16.5. The number of ether oxygens (including phenoxy) is 1. The number of nitrogens with one attached hydrogen (secondary N) is 1. The van der Waals surface area contributed by atoms with Gasteiger partial charge in [0.25, 0.3) is 0 Å². The molecule has 0 amide bonds. The summed E-state index contributed by atoms with van der Waals surface area (Å²) in [6.45, 7) is 1.30. The molecule has 4 nitrogen and oxygen atoms in total. The van der Waals surface area contributed by atoms with Gasteiger partial charge in [0.05, 0.1) is 23.5 Å². The van der Waals surface area contributed by atoms with Gasteiger partial charge in [-0.1, -0.05) is 12.1 Å². The van der Waals surface area contributed by atoms with E-state index in [4.69, 9.17) is 10.00 Å². The molecule has 1 aromatic heterocycles. The monoisotopic (exact) mass is 279 g/mol. The van der Waals surface area contributed by atoms with Gasteiger partial charge in [-0.15, -0.1) is 0 Å². The fraction of sp³-hybridized carbons (Fsp3) is 0.294. The van der Waals surface area contributed by atoms with E-state index >= 15 is 0 Å². The molecular weight excluding hydrogens is 262 g/mol. The Morgan fingerprint density at radius 1 is 1.19 bits per heavy atom. The van der Waals surface area contributed by atoms with Crippen molar-refractivity contribution in [1.29, 1.82) is 5.26 Å². The molecule has 1 aliphatic rings. The number of nitriles is 1. The molecule has 21 heavy (non-hydrogen) atoms. The third-order valence-corrected chi connectivity index (χ3v) is 3.44. The molecule has 0 spiro atoms. The summed E-state index contributed by atoms with van der Waals surface area (Å²) in [6.07, 6.45) is 4.32. The zero-order valence-electron chi connectivity index (χ0n) is 11.7. The standard InChI is InChI=1S/C17H17N3O/c18-9-13-1-3-14(4-2-13)12-21-17-8-7-16(20-11-17)10-19-15-5-6-15/h1-4,7-8,11,15,19H,5-6,10,12H2. The minimum Gasteiger partial charge on any atom is -0.487 e. The van der Waals surface area contributed by atoms with Crippen LogP contribution in [0.5, 0.6) is 5.75 Å². The van der Waals surface area contributed by atoms with Crippen molar-refractivity contribution in [3.05, 3.63) is 59.4 Å². The first kappa shape index (κ1) is 13.6. The summed E-state index contributed by atoms with van der Waals surface area (Å²) in [7, 11) is 0. The molecule has 1 heterocycles. The lowest BCUT2D eigenvalue weighted by Gasteiger charge is -2.07. The van der Waals surface area contributed by atoms with Crippen LogP contribution in [-0.4, -0.2) is 11.0 Å². The number of aromatic nitrogens is 1. The molecule has 1 N–H and O–H groups in total. The van der Waals surface area contributed by atoms with Gasteiger partial charge < -0.3 is 10.1 Å². The molecule has 4 heteroatoms. The van der Waals surface area contributed by atoms with Gasteiger partial charge >= 0.3 is 0 Å². The summed E-state index contributed by atoms with van der Waals surface area (Å²) in [6, 6.07) is 14.1. The van der Waals surface area contributed by atoms with Gasteiger partial charge in [0.2, 0.25) is 0 Å². The molecule has 0 atom stereocenters. The summed E-state index contributed by atoms with van der Waals surface area (Å²) >= 11 is 0. The first-order valence-electron chi connectivity index (χ1n) is 7.13. The van der Waals surface area contributed by atoms with Crippen LogP contribution >= 0.6 is 0 Å². The fourth-order valence-corrected chi connectivity index (χ4v) is 1.98. The normalized spacial score (nSPS) is 13.7. The molecule has 1 fully saturated rings. The molecule has 2 aromatic rings. The Hall–Kier alpha value is -2.38. The average molecular weight is 279 g/mol. The largest absolute Gasteiger partial charge is 0.487 e.